The Labute approximate surface area is 110 Å². The monoisotopic (exact) mass is 300 g/mol. The molecule has 0 radical (unpaired) electrons. The van der Waals surface area contributed by atoms with Gasteiger partial charge in [-0.1, -0.05) is 35.8 Å². The molecule has 0 aromatic heterocycles. The fourth-order valence-electron chi connectivity index (χ4n) is 1.79. The Bertz CT molecular complexity index is 401. The van der Waals surface area contributed by atoms with Crippen molar-refractivity contribution < 1.29 is 13.7 Å². The second kappa shape index (κ2) is 5.08. The first-order chi connectivity index (χ1) is 8.02. The quantitative estimate of drug-likeness (QED) is 0.617. The molecule has 0 saturated carbocycles. The van der Waals surface area contributed by atoms with Crippen LogP contribution in [0.5, 0.6) is 0 Å². The lowest BCUT2D eigenvalue weighted by Gasteiger charge is -2.33. The molecular formula is C12H15BBrFO2. The van der Waals surface area contributed by atoms with Gasteiger partial charge in [0.2, 0.25) is 0 Å². The minimum absolute atomic E-state index is 0.0467. The van der Waals surface area contributed by atoms with E-state index in [4.69, 9.17) is 9.31 Å². The molecule has 0 aliphatic carbocycles. The Morgan fingerprint density at radius 3 is 2.59 bits per heavy atom. The number of rotatable bonds is 2. The smallest absolute Gasteiger partial charge is 0.407 e. The van der Waals surface area contributed by atoms with Crippen molar-refractivity contribution in [2.45, 2.75) is 19.2 Å². The number of alkyl halides is 1. The molecule has 5 heteroatoms. The van der Waals surface area contributed by atoms with Gasteiger partial charge in [-0.25, -0.2) is 4.39 Å². The number of halogens is 2. The number of hydrogen-bond acceptors (Lipinski definition) is 2. The van der Waals surface area contributed by atoms with Crippen LogP contribution >= 0.6 is 15.9 Å². The summed E-state index contributed by atoms with van der Waals surface area (Å²) in [5.41, 5.74) is 1.82. The second-order valence-electron chi connectivity index (χ2n) is 5.09. The van der Waals surface area contributed by atoms with Crippen LogP contribution in [0.4, 0.5) is 4.39 Å². The molecule has 1 aliphatic heterocycles. The highest BCUT2D eigenvalue weighted by molar-refractivity contribution is 9.08. The molecule has 2 rings (SSSR count). The summed E-state index contributed by atoms with van der Waals surface area (Å²) in [5.74, 6) is -0.237. The van der Waals surface area contributed by atoms with Crippen LogP contribution in [0.25, 0.3) is 0 Å². The molecule has 92 valence electrons. The van der Waals surface area contributed by atoms with Gasteiger partial charge in [0.1, 0.15) is 5.82 Å². The standard InChI is InChI=1S/C12H15BBrFO2/c1-12(2)7-16-13(17-8-12)11-4-3-10(15)5-9(11)6-14/h3-5H,6-8H2,1-2H3. The molecule has 0 atom stereocenters. The predicted octanol–water partition coefficient (Wildman–Crippen LogP) is 2.49. The Morgan fingerprint density at radius 2 is 2.00 bits per heavy atom. The van der Waals surface area contributed by atoms with Crippen molar-refractivity contribution in [2.75, 3.05) is 13.2 Å². The van der Waals surface area contributed by atoms with Crippen molar-refractivity contribution in [2.24, 2.45) is 5.41 Å². The lowest BCUT2D eigenvalue weighted by atomic mass is 9.73. The van der Waals surface area contributed by atoms with Gasteiger partial charge in [-0.2, -0.15) is 0 Å². The first-order valence-corrected chi connectivity index (χ1v) is 6.71. The zero-order valence-electron chi connectivity index (χ0n) is 10.0. The van der Waals surface area contributed by atoms with Crippen LogP contribution < -0.4 is 5.46 Å². The first kappa shape index (κ1) is 13.1. The van der Waals surface area contributed by atoms with E-state index in [0.29, 0.717) is 18.5 Å². The van der Waals surface area contributed by atoms with Crippen LogP contribution in [0.15, 0.2) is 18.2 Å². The lowest BCUT2D eigenvalue weighted by molar-refractivity contribution is 0.0342. The van der Waals surface area contributed by atoms with Crippen molar-refractivity contribution in [1.82, 2.24) is 0 Å². The summed E-state index contributed by atoms with van der Waals surface area (Å²) in [6.45, 7) is 5.49. The number of hydrogen-bond donors (Lipinski definition) is 0. The van der Waals surface area contributed by atoms with Gasteiger partial charge in [-0.05, 0) is 23.2 Å². The highest BCUT2D eigenvalue weighted by Gasteiger charge is 2.34. The van der Waals surface area contributed by atoms with Crippen molar-refractivity contribution >= 4 is 28.5 Å². The van der Waals surface area contributed by atoms with Gasteiger partial charge in [0.15, 0.2) is 0 Å². The van der Waals surface area contributed by atoms with Gasteiger partial charge < -0.3 is 9.31 Å². The minimum Gasteiger partial charge on any atom is -0.407 e. The molecule has 0 unspecified atom stereocenters. The van der Waals surface area contributed by atoms with Crippen LogP contribution in [0, 0.1) is 11.2 Å². The molecule has 0 amide bonds. The lowest BCUT2D eigenvalue weighted by Crippen LogP contribution is -2.48. The summed E-state index contributed by atoms with van der Waals surface area (Å²) in [4.78, 5) is 0. The van der Waals surface area contributed by atoms with Crippen molar-refractivity contribution in [3.63, 3.8) is 0 Å². The van der Waals surface area contributed by atoms with Crippen LogP contribution in [-0.2, 0) is 14.6 Å². The Kier molecular flexibility index (Phi) is 3.90. The van der Waals surface area contributed by atoms with E-state index >= 15 is 0 Å². The van der Waals surface area contributed by atoms with Crippen molar-refractivity contribution in [3.8, 4) is 0 Å². The summed E-state index contributed by atoms with van der Waals surface area (Å²) in [5, 5.41) is 0.590. The molecule has 1 saturated heterocycles. The Balaban J connectivity index is 2.18. The molecule has 1 aliphatic rings. The highest BCUT2D eigenvalue weighted by Crippen LogP contribution is 2.22. The molecule has 1 heterocycles. The summed E-state index contributed by atoms with van der Waals surface area (Å²) >= 11 is 3.35. The van der Waals surface area contributed by atoms with Crippen LogP contribution in [0.1, 0.15) is 19.4 Å². The van der Waals surface area contributed by atoms with E-state index in [1.54, 1.807) is 6.07 Å². The first-order valence-electron chi connectivity index (χ1n) is 5.59. The third-order valence-electron chi connectivity index (χ3n) is 2.75. The fraction of sp³-hybridized carbons (Fsp3) is 0.500. The van der Waals surface area contributed by atoms with Gasteiger partial charge >= 0.3 is 7.12 Å². The largest absolute Gasteiger partial charge is 0.494 e. The Hall–Kier alpha value is -0.385. The van der Waals surface area contributed by atoms with E-state index in [1.807, 2.05) is 0 Å². The summed E-state index contributed by atoms with van der Waals surface area (Å²) in [6, 6.07) is 4.68. The molecule has 0 bridgehead atoms. The maximum Gasteiger partial charge on any atom is 0.494 e. The zero-order valence-corrected chi connectivity index (χ0v) is 11.6. The van der Waals surface area contributed by atoms with Gasteiger partial charge in [0.25, 0.3) is 0 Å². The van der Waals surface area contributed by atoms with E-state index in [9.17, 15) is 4.39 Å². The average Bonchev–Trinajstić information content (AvgIpc) is 2.29. The van der Waals surface area contributed by atoms with E-state index in [-0.39, 0.29) is 18.4 Å². The molecule has 1 aromatic carbocycles. The second-order valence-corrected chi connectivity index (χ2v) is 5.66. The third-order valence-corrected chi connectivity index (χ3v) is 3.36. The van der Waals surface area contributed by atoms with E-state index in [1.165, 1.54) is 12.1 Å². The molecular weight excluding hydrogens is 286 g/mol. The normalized spacial score (nSPS) is 19.4. The maximum atomic E-state index is 13.1. The highest BCUT2D eigenvalue weighted by atomic mass is 79.9. The zero-order chi connectivity index (χ0) is 12.5. The molecule has 0 spiro atoms. The van der Waals surface area contributed by atoms with E-state index < -0.39 is 0 Å². The third kappa shape index (κ3) is 3.09. The van der Waals surface area contributed by atoms with E-state index in [2.05, 4.69) is 29.8 Å². The topological polar surface area (TPSA) is 18.5 Å². The average molecular weight is 301 g/mol. The van der Waals surface area contributed by atoms with Gasteiger partial charge in [0.05, 0.1) is 0 Å². The van der Waals surface area contributed by atoms with Gasteiger partial charge in [-0.3, -0.25) is 0 Å². The van der Waals surface area contributed by atoms with Crippen molar-refractivity contribution in [1.29, 1.82) is 0 Å². The van der Waals surface area contributed by atoms with Gasteiger partial charge in [0, 0.05) is 24.0 Å². The van der Waals surface area contributed by atoms with E-state index in [0.717, 1.165) is 11.0 Å². The maximum absolute atomic E-state index is 13.1. The fourth-order valence-corrected chi connectivity index (χ4v) is 2.28. The van der Waals surface area contributed by atoms with Crippen LogP contribution in [0.3, 0.4) is 0 Å². The summed E-state index contributed by atoms with van der Waals surface area (Å²) in [7, 11) is -0.379. The number of benzene rings is 1. The Morgan fingerprint density at radius 1 is 1.35 bits per heavy atom. The SMILES string of the molecule is CC1(C)COB(c2ccc(F)cc2CBr)OC1. The predicted molar refractivity (Wildman–Crippen MR) is 70.1 cm³/mol. The minimum atomic E-state index is -0.379. The molecule has 17 heavy (non-hydrogen) atoms. The summed E-state index contributed by atoms with van der Waals surface area (Å²) < 4.78 is 24.5. The summed E-state index contributed by atoms with van der Waals surface area (Å²) in [6.07, 6.45) is 0. The van der Waals surface area contributed by atoms with Crippen LogP contribution in [-0.4, -0.2) is 20.3 Å². The van der Waals surface area contributed by atoms with Crippen molar-refractivity contribution in [3.05, 3.63) is 29.6 Å². The molecule has 1 aromatic rings. The molecule has 2 nitrogen and oxygen atoms in total. The van der Waals surface area contributed by atoms with Gasteiger partial charge in [-0.15, -0.1) is 0 Å². The molecule has 0 N–H and O–H groups in total. The molecule has 1 fully saturated rings. The van der Waals surface area contributed by atoms with Crippen LogP contribution in [0.2, 0.25) is 0 Å².